The standard InChI is InChI=1S/C12H25N5/c1-4-6-13-10-12-11-17(15-14-12)9-8-16(3)7-5-2/h11,13H,4-10H2,1-3H3. The zero-order valence-corrected chi connectivity index (χ0v) is 11.3. The van der Waals surface area contributed by atoms with Crippen LogP contribution in [0.15, 0.2) is 6.20 Å². The van der Waals surface area contributed by atoms with Gasteiger partial charge < -0.3 is 10.2 Å². The van der Waals surface area contributed by atoms with Crippen LogP contribution >= 0.6 is 0 Å². The number of rotatable bonds is 9. The maximum Gasteiger partial charge on any atom is 0.0964 e. The van der Waals surface area contributed by atoms with Gasteiger partial charge in [0.2, 0.25) is 0 Å². The first-order chi connectivity index (χ1) is 8.26. The van der Waals surface area contributed by atoms with Crippen molar-refractivity contribution in [2.75, 3.05) is 26.7 Å². The molecule has 0 atom stereocenters. The second-order valence-electron chi connectivity index (χ2n) is 4.45. The molecule has 0 fully saturated rings. The van der Waals surface area contributed by atoms with Crippen molar-refractivity contribution in [1.29, 1.82) is 0 Å². The van der Waals surface area contributed by atoms with Crippen molar-refractivity contribution in [3.63, 3.8) is 0 Å². The van der Waals surface area contributed by atoms with Gasteiger partial charge in [0.1, 0.15) is 0 Å². The first kappa shape index (κ1) is 14.1. The quantitative estimate of drug-likeness (QED) is 0.656. The van der Waals surface area contributed by atoms with Crippen molar-refractivity contribution in [1.82, 2.24) is 25.2 Å². The predicted octanol–water partition coefficient (Wildman–Crippen LogP) is 1.12. The van der Waals surface area contributed by atoms with Gasteiger partial charge in [-0.3, -0.25) is 4.68 Å². The van der Waals surface area contributed by atoms with Gasteiger partial charge in [0.05, 0.1) is 12.2 Å². The van der Waals surface area contributed by atoms with Crippen LogP contribution in [0.2, 0.25) is 0 Å². The Bertz CT molecular complexity index is 297. The van der Waals surface area contributed by atoms with Crippen LogP contribution in [0.5, 0.6) is 0 Å². The fraction of sp³-hybridized carbons (Fsp3) is 0.833. The zero-order chi connectivity index (χ0) is 12.5. The summed E-state index contributed by atoms with van der Waals surface area (Å²) in [5, 5.41) is 11.6. The minimum Gasteiger partial charge on any atom is -0.311 e. The molecule has 0 radical (unpaired) electrons. The summed E-state index contributed by atoms with van der Waals surface area (Å²) >= 11 is 0. The molecule has 0 aliphatic heterocycles. The molecule has 0 aliphatic carbocycles. The third kappa shape index (κ3) is 5.79. The molecule has 5 nitrogen and oxygen atoms in total. The van der Waals surface area contributed by atoms with Gasteiger partial charge in [-0.2, -0.15) is 0 Å². The fourth-order valence-electron chi connectivity index (χ4n) is 1.69. The summed E-state index contributed by atoms with van der Waals surface area (Å²) in [4.78, 5) is 2.32. The Kier molecular flexibility index (Phi) is 6.81. The normalized spacial score (nSPS) is 11.3. The summed E-state index contributed by atoms with van der Waals surface area (Å²) < 4.78 is 1.93. The number of hydrogen-bond donors (Lipinski definition) is 1. The van der Waals surface area contributed by atoms with Crippen LogP contribution in [0.4, 0.5) is 0 Å². The molecule has 5 heteroatoms. The summed E-state index contributed by atoms with van der Waals surface area (Å²) in [5.74, 6) is 0. The maximum absolute atomic E-state index is 4.14. The molecule has 1 aromatic rings. The number of hydrogen-bond acceptors (Lipinski definition) is 4. The Labute approximate surface area is 104 Å². The van der Waals surface area contributed by atoms with Gasteiger partial charge in [-0.05, 0) is 33.0 Å². The van der Waals surface area contributed by atoms with Gasteiger partial charge in [-0.1, -0.05) is 19.1 Å². The lowest BCUT2D eigenvalue weighted by Gasteiger charge is -2.14. The lowest BCUT2D eigenvalue weighted by atomic mass is 10.4. The molecular formula is C12H25N5. The van der Waals surface area contributed by atoms with E-state index in [4.69, 9.17) is 0 Å². The van der Waals surface area contributed by atoms with E-state index in [1.807, 2.05) is 10.9 Å². The Hall–Kier alpha value is -0.940. The lowest BCUT2D eigenvalue weighted by Crippen LogP contribution is -2.24. The van der Waals surface area contributed by atoms with E-state index in [0.29, 0.717) is 0 Å². The molecule has 0 aromatic carbocycles. The van der Waals surface area contributed by atoms with Gasteiger partial charge in [0.25, 0.3) is 0 Å². The van der Waals surface area contributed by atoms with Crippen LogP contribution < -0.4 is 5.32 Å². The average Bonchev–Trinajstić information content (AvgIpc) is 2.75. The van der Waals surface area contributed by atoms with Crippen molar-refractivity contribution in [3.05, 3.63) is 11.9 Å². The van der Waals surface area contributed by atoms with Gasteiger partial charge >= 0.3 is 0 Å². The van der Waals surface area contributed by atoms with E-state index in [-0.39, 0.29) is 0 Å². The van der Waals surface area contributed by atoms with Crippen LogP contribution in [-0.2, 0) is 13.1 Å². The highest BCUT2D eigenvalue weighted by Gasteiger charge is 2.01. The van der Waals surface area contributed by atoms with Crippen molar-refractivity contribution in [3.8, 4) is 0 Å². The summed E-state index contributed by atoms with van der Waals surface area (Å²) in [7, 11) is 2.14. The first-order valence-corrected chi connectivity index (χ1v) is 6.54. The van der Waals surface area contributed by atoms with E-state index in [1.165, 1.54) is 6.42 Å². The molecule has 98 valence electrons. The van der Waals surface area contributed by atoms with E-state index in [9.17, 15) is 0 Å². The molecule has 0 saturated carbocycles. The molecule has 17 heavy (non-hydrogen) atoms. The number of aromatic nitrogens is 3. The number of nitrogens with zero attached hydrogens (tertiary/aromatic N) is 4. The molecule has 0 spiro atoms. The molecule has 0 bridgehead atoms. The first-order valence-electron chi connectivity index (χ1n) is 6.54. The lowest BCUT2D eigenvalue weighted by molar-refractivity contribution is 0.311. The van der Waals surface area contributed by atoms with Crippen LogP contribution in [0.1, 0.15) is 32.4 Å². The molecule has 1 N–H and O–H groups in total. The van der Waals surface area contributed by atoms with Crippen molar-refractivity contribution in [2.24, 2.45) is 0 Å². The zero-order valence-electron chi connectivity index (χ0n) is 11.3. The van der Waals surface area contributed by atoms with Gasteiger partial charge in [-0.15, -0.1) is 5.10 Å². The Morgan fingerprint density at radius 2 is 2.12 bits per heavy atom. The summed E-state index contributed by atoms with van der Waals surface area (Å²) in [6.45, 7) is 9.29. The minimum atomic E-state index is 0.818. The van der Waals surface area contributed by atoms with Crippen LogP contribution in [0.3, 0.4) is 0 Å². The molecule has 0 unspecified atom stereocenters. The molecule has 1 rings (SSSR count). The van der Waals surface area contributed by atoms with E-state index in [2.05, 4.69) is 41.4 Å². The second kappa shape index (κ2) is 8.20. The molecule has 1 aromatic heterocycles. The second-order valence-corrected chi connectivity index (χ2v) is 4.45. The van der Waals surface area contributed by atoms with Crippen LogP contribution in [0, 0.1) is 0 Å². The van der Waals surface area contributed by atoms with Crippen molar-refractivity contribution in [2.45, 2.75) is 39.8 Å². The molecule has 0 aliphatic rings. The largest absolute Gasteiger partial charge is 0.311 e. The summed E-state index contributed by atoms with van der Waals surface area (Å²) in [5.41, 5.74) is 1.02. The molecular weight excluding hydrogens is 214 g/mol. The SMILES string of the molecule is CCCNCc1cn(CCN(C)CCC)nn1. The highest BCUT2D eigenvalue weighted by molar-refractivity contribution is 4.91. The predicted molar refractivity (Wildman–Crippen MR) is 69.8 cm³/mol. The minimum absolute atomic E-state index is 0.818. The highest BCUT2D eigenvalue weighted by atomic mass is 15.4. The van der Waals surface area contributed by atoms with Crippen LogP contribution in [-0.4, -0.2) is 46.6 Å². The maximum atomic E-state index is 4.14. The van der Waals surface area contributed by atoms with Gasteiger partial charge in [-0.25, -0.2) is 0 Å². The average molecular weight is 239 g/mol. The monoisotopic (exact) mass is 239 g/mol. The molecule has 0 saturated heterocycles. The molecule has 0 amide bonds. The highest BCUT2D eigenvalue weighted by Crippen LogP contribution is 1.94. The van der Waals surface area contributed by atoms with Crippen molar-refractivity contribution >= 4 is 0 Å². The molecule has 1 heterocycles. The summed E-state index contributed by atoms with van der Waals surface area (Å²) in [6, 6.07) is 0. The van der Waals surface area contributed by atoms with E-state index >= 15 is 0 Å². The smallest absolute Gasteiger partial charge is 0.0964 e. The third-order valence-electron chi connectivity index (χ3n) is 2.64. The Morgan fingerprint density at radius 1 is 1.29 bits per heavy atom. The Balaban J connectivity index is 2.25. The Morgan fingerprint density at radius 3 is 2.82 bits per heavy atom. The summed E-state index contributed by atoms with van der Waals surface area (Å²) in [6.07, 6.45) is 4.37. The fourth-order valence-corrected chi connectivity index (χ4v) is 1.69. The van der Waals surface area contributed by atoms with E-state index in [0.717, 1.165) is 44.8 Å². The van der Waals surface area contributed by atoms with E-state index < -0.39 is 0 Å². The van der Waals surface area contributed by atoms with Gasteiger partial charge in [0, 0.05) is 19.3 Å². The van der Waals surface area contributed by atoms with Crippen molar-refractivity contribution < 1.29 is 0 Å². The number of likely N-dealkylation sites (N-methyl/N-ethyl adjacent to an activating group) is 1. The number of nitrogens with one attached hydrogen (secondary N) is 1. The third-order valence-corrected chi connectivity index (χ3v) is 2.64. The van der Waals surface area contributed by atoms with Gasteiger partial charge in [0.15, 0.2) is 0 Å². The van der Waals surface area contributed by atoms with Crippen LogP contribution in [0.25, 0.3) is 0 Å². The topological polar surface area (TPSA) is 46.0 Å². The van der Waals surface area contributed by atoms with E-state index in [1.54, 1.807) is 0 Å².